The Morgan fingerprint density at radius 1 is 1.20 bits per heavy atom. The maximum atomic E-state index is 13.6. The standard InChI is InChI=1S/C26H23N3O5S/c1-4-33-20-14-17(10-11-19(20)34-13-12-27)15-21-24(30)29-23(18-8-6-5-7-9-18)22(25(31)32-3)16(2)28-26(29)35-21/h5-11,14-15,23H,4,13H2,1-3H3. The number of carbonyl (C=O) groups excluding carboxylic acids is 1. The van der Waals surface area contributed by atoms with Crippen molar-refractivity contribution in [3.8, 4) is 17.6 Å². The summed E-state index contributed by atoms with van der Waals surface area (Å²) in [6.45, 7) is 3.91. The first-order valence-corrected chi connectivity index (χ1v) is 11.7. The van der Waals surface area contributed by atoms with Crippen LogP contribution in [0.4, 0.5) is 0 Å². The molecule has 3 aromatic rings. The zero-order chi connectivity index (χ0) is 24.9. The van der Waals surface area contributed by atoms with Crippen molar-refractivity contribution in [3.63, 3.8) is 0 Å². The average Bonchev–Trinajstić information content (AvgIpc) is 3.17. The molecule has 1 aliphatic rings. The summed E-state index contributed by atoms with van der Waals surface area (Å²) in [6.07, 6.45) is 1.75. The van der Waals surface area contributed by atoms with Crippen molar-refractivity contribution in [2.45, 2.75) is 19.9 Å². The maximum Gasteiger partial charge on any atom is 0.338 e. The van der Waals surface area contributed by atoms with Crippen molar-refractivity contribution in [3.05, 3.63) is 90.6 Å². The van der Waals surface area contributed by atoms with Gasteiger partial charge in [0.05, 0.1) is 35.6 Å². The Bertz CT molecular complexity index is 1510. The highest BCUT2D eigenvalue weighted by Gasteiger charge is 2.32. The molecule has 0 saturated carbocycles. The zero-order valence-corrected chi connectivity index (χ0v) is 20.3. The van der Waals surface area contributed by atoms with Crippen LogP contribution in [-0.4, -0.2) is 30.9 Å². The molecule has 4 rings (SSSR count). The summed E-state index contributed by atoms with van der Waals surface area (Å²) < 4.78 is 18.1. The molecule has 0 bridgehead atoms. The fourth-order valence-corrected chi connectivity index (χ4v) is 4.95. The minimum atomic E-state index is -0.650. The lowest BCUT2D eigenvalue weighted by Crippen LogP contribution is -2.39. The van der Waals surface area contributed by atoms with Crippen LogP contribution >= 0.6 is 11.3 Å². The highest BCUT2D eigenvalue weighted by atomic mass is 32.1. The summed E-state index contributed by atoms with van der Waals surface area (Å²) in [6, 6.07) is 15.9. The highest BCUT2D eigenvalue weighted by molar-refractivity contribution is 7.07. The zero-order valence-electron chi connectivity index (χ0n) is 19.5. The van der Waals surface area contributed by atoms with E-state index in [-0.39, 0.29) is 12.2 Å². The van der Waals surface area contributed by atoms with E-state index in [1.54, 1.807) is 35.8 Å². The first kappa shape index (κ1) is 24.0. The summed E-state index contributed by atoms with van der Waals surface area (Å²) in [4.78, 5) is 31.3. The van der Waals surface area contributed by atoms with E-state index >= 15 is 0 Å². The van der Waals surface area contributed by atoms with Crippen LogP contribution in [-0.2, 0) is 9.53 Å². The summed E-state index contributed by atoms with van der Waals surface area (Å²) >= 11 is 1.24. The van der Waals surface area contributed by atoms with Crippen LogP contribution in [0.3, 0.4) is 0 Å². The number of esters is 1. The molecule has 1 aromatic heterocycles. The molecule has 0 saturated heterocycles. The van der Waals surface area contributed by atoms with Gasteiger partial charge in [0, 0.05) is 0 Å². The van der Waals surface area contributed by atoms with E-state index in [0.29, 0.717) is 38.7 Å². The van der Waals surface area contributed by atoms with Crippen LogP contribution in [0, 0.1) is 11.3 Å². The van der Waals surface area contributed by atoms with Gasteiger partial charge in [0.15, 0.2) is 22.9 Å². The first-order chi connectivity index (χ1) is 17.0. The molecule has 1 unspecified atom stereocenters. The number of fused-ring (bicyclic) bond motifs is 1. The quantitative estimate of drug-likeness (QED) is 0.473. The Hall–Kier alpha value is -4.16. The molecule has 1 atom stereocenters. The fourth-order valence-electron chi connectivity index (χ4n) is 3.91. The van der Waals surface area contributed by atoms with E-state index in [4.69, 9.17) is 19.5 Å². The molecule has 1 aliphatic heterocycles. The Morgan fingerprint density at radius 2 is 1.97 bits per heavy atom. The van der Waals surface area contributed by atoms with Gasteiger partial charge in [-0.25, -0.2) is 9.79 Å². The van der Waals surface area contributed by atoms with Crippen LogP contribution < -0.4 is 24.4 Å². The Kier molecular flexibility index (Phi) is 7.13. The topological polar surface area (TPSA) is 103 Å². The number of methoxy groups -OCH3 is 1. The lowest BCUT2D eigenvalue weighted by molar-refractivity contribution is -0.136. The lowest BCUT2D eigenvalue weighted by Gasteiger charge is -2.24. The van der Waals surface area contributed by atoms with E-state index in [1.807, 2.05) is 43.3 Å². The van der Waals surface area contributed by atoms with E-state index in [2.05, 4.69) is 4.99 Å². The molecule has 0 radical (unpaired) electrons. The number of aromatic nitrogens is 1. The van der Waals surface area contributed by atoms with Crippen LogP contribution in [0.25, 0.3) is 6.08 Å². The van der Waals surface area contributed by atoms with E-state index in [9.17, 15) is 9.59 Å². The van der Waals surface area contributed by atoms with Gasteiger partial charge >= 0.3 is 5.97 Å². The van der Waals surface area contributed by atoms with Crippen LogP contribution in [0.15, 0.2) is 69.6 Å². The molecule has 35 heavy (non-hydrogen) atoms. The maximum absolute atomic E-state index is 13.6. The largest absolute Gasteiger partial charge is 0.490 e. The first-order valence-electron chi connectivity index (χ1n) is 10.9. The second-order valence-electron chi connectivity index (χ2n) is 7.57. The number of rotatable bonds is 7. The molecule has 0 spiro atoms. The number of hydrogen-bond acceptors (Lipinski definition) is 8. The molecule has 0 fully saturated rings. The van der Waals surface area contributed by atoms with Gasteiger partial charge in [-0.05, 0) is 43.2 Å². The number of carbonyl (C=O) groups is 1. The Labute approximate surface area is 205 Å². The number of thiazole rings is 1. The van der Waals surface area contributed by atoms with Gasteiger partial charge in [-0.2, -0.15) is 5.26 Å². The third-order valence-electron chi connectivity index (χ3n) is 5.40. The summed E-state index contributed by atoms with van der Waals surface area (Å²) in [5, 5.41) is 8.80. The Morgan fingerprint density at radius 3 is 2.66 bits per heavy atom. The van der Waals surface area contributed by atoms with Gasteiger partial charge in [-0.3, -0.25) is 9.36 Å². The highest BCUT2D eigenvalue weighted by Crippen LogP contribution is 2.31. The number of allylic oxidation sites excluding steroid dienone is 1. The van der Waals surface area contributed by atoms with Crippen molar-refractivity contribution in [2.75, 3.05) is 20.3 Å². The van der Waals surface area contributed by atoms with E-state index < -0.39 is 12.0 Å². The van der Waals surface area contributed by atoms with Gasteiger partial charge in [0.25, 0.3) is 5.56 Å². The monoisotopic (exact) mass is 489 g/mol. The second-order valence-corrected chi connectivity index (χ2v) is 8.58. The molecule has 0 N–H and O–H groups in total. The molecule has 8 nitrogen and oxygen atoms in total. The van der Waals surface area contributed by atoms with Crippen molar-refractivity contribution < 1.29 is 19.0 Å². The van der Waals surface area contributed by atoms with Crippen LogP contribution in [0.2, 0.25) is 0 Å². The molecular formula is C26H23N3O5S. The minimum absolute atomic E-state index is 0.0978. The third kappa shape index (κ3) is 4.74. The third-order valence-corrected chi connectivity index (χ3v) is 6.38. The smallest absolute Gasteiger partial charge is 0.338 e. The molecular weight excluding hydrogens is 466 g/mol. The Balaban J connectivity index is 1.87. The number of ether oxygens (including phenoxy) is 3. The van der Waals surface area contributed by atoms with Gasteiger partial charge in [-0.1, -0.05) is 47.7 Å². The number of nitriles is 1. The minimum Gasteiger partial charge on any atom is -0.490 e. The van der Waals surface area contributed by atoms with Gasteiger partial charge < -0.3 is 14.2 Å². The molecule has 2 aromatic carbocycles. The van der Waals surface area contributed by atoms with Gasteiger partial charge in [0.2, 0.25) is 0 Å². The molecule has 0 aliphatic carbocycles. The molecule has 0 amide bonds. The number of nitrogens with zero attached hydrogens (tertiary/aromatic N) is 3. The van der Waals surface area contributed by atoms with Crippen molar-refractivity contribution in [2.24, 2.45) is 4.99 Å². The molecule has 2 heterocycles. The normalized spacial score (nSPS) is 15.1. The summed E-state index contributed by atoms with van der Waals surface area (Å²) in [5.41, 5.74) is 2.08. The second kappa shape index (κ2) is 10.4. The van der Waals surface area contributed by atoms with Crippen molar-refractivity contribution in [1.82, 2.24) is 4.57 Å². The van der Waals surface area contributed by atoms with Crippen LogP contribution in [0.5, 0.6) is 11.5 Å². The average molecular weight is 490 g/mol. The summed E-state index contributed by atoms with van der Waals surface area (Å²) in [7, 11) is 1.32. The van der Waals surface area contributed by atoms with Crippen molar-refractivity contribution >= 4 is 23.4 Å². The predicted octanol–water partition coefficient (Wildman–Crippen LogP) is 2.71. The molecule has 9 heteroatoms. The number of hydrogen-bond donors (Lipinski definition) is 0. The van der Waals surface area contributed by atoms with E-state index in [0.717, 1.165) is 11.1 Å². The fraction of sp³-hybridized carbons (Fsp3) is 0.231. The van der Waals surface area contributed by atoms with Gasteiger partial charge in [0.1, 0.15) is 6.07 Å². The molecule has 178 valence electrons. The van der Waals surface area contributed by atoms with Crippen LogP contribution in [0.1, 0.15) is 31.0 Å². The van der Waals surface area contributed by atoms with Gasteiger partial charge in [-0.15, -0.1) is 0 Å². The summed E-state index contributed by atoms with van der Waals surface area (Å²) in [5.74, 6) is 0.411. The number of benzene rings is 2. The SMILES string of the molecule is CCOc1cc(C=c2sc3n(c2=O)C(c2ccccc2)C(C(=O)OC)=C(C)N=3)ccc1OCC#N. The predicted molar refractivity (Wildman–Crippen MR) is 131 cm³/mol. The van der Waals surface area contributed by atoms with E-state index in [1.165, 1.54) is 18.4 Å². The van der Waals surface area contributed by atoms with Crippen molar-refractivity contribution in [1.29, 1.82) is 5.26 Å². The lowest BCUT2D eigenvalue weighted by atomic mass is 9.96.